The van der Waals surface area contributed by atoms with Crippen LogP contribution in [0.15, 0.2) is 29.2 Å². The van der Waals surface area contributed by atoms with Gasteiger partial charge in [-0.1, -0.05) is 31.5 Å². The Bertz CT molecular complexity index is 561. The van der Waals surface area contributed by atoms with Crippen LogP contribution in [0.3, 0.4) is 0 Å². The lowest BCUT2D eigenvalue weighted by Gasteiger charge is -2.13. The van der Waals surface area contributed by atoms with Crippen molar-refractivity contribution in [3.63, 3.8) is 0 Å². The quantitative estimate of drug-likeness (QED) is 0.638. The molecule has 2 N–H and O–H groups in total. The fourth-order valence-corrected chi connectivity index (χ4v) is 3.08. The van der Waals surface area contributed by atoms with Gasteiger partial charge in [0.25, 0.3) is 10.1 Å². The van der Waals surface area contributed by atoms with Crippen LogP contribution >= 0.6 is 0 Å². The van der Waals surface area contributed by atoms with Crippen molar-refractivity contribution in [2.45, 2.75) is 38.1 Å². The Morgan fingerprint density at radius 3 is 2.16 bits per heavy atom. The van der Waals surface area contributed by atoms with Gasteiger partial charge >= 0.3 is 0 Å². The Kier molecular flexibility index (Phi) is 3.47. The van der Waals surface area contributed by atoms with Gasteiger partial charge in [-0.2, -0.15) is 8.42 Å². The molecular weight excluding hydrogens is 268 g/mol. The van der Waals surface area contributed by atoms with Gasteiger partial charge in [0.1, 0.15) is 0 Å². The Hall–Kier alpha value is -0.950. The zero-order chi connectivity index (χ0) is 14.4. The number of rotatable bonds is 4. The molecule has 3 unspecified atom stereocenters. The second-order valence-electron chi connectivity index (χ2n) is 5.55. The third-order valence-electron chi connectivity index (χ3n) is 3.69. The molecule has 1 aromatic carbocycles. The first-order valence-corrected chi connectivity index (χ1v) is 7.43. The van der Waals surface area contributed by atoms with E-state index in [1.54, 1.807) is 26.0 Å². The lowest BCUT2D eigenvalue weighted by Crippen LogP contribution is -2.22. The monoisotopic (exact) mass is 286 g/mol. The molecular formula is C13H18O5S. The van der Waals surface area contributed by atoms with E-state index in [1.165, 1.54) is 12.1 Å². The van der Waals surface area contributed by atoms with Crippen molar-refractivity contribution in [3.8, 4) is 0 Å². The molecule has 106 valence electrons. The zero-order valence-corrected chi connectivity index (χ0v) is 11.9. The maximum Gasteiger partial charge on any atom is 0.299 e. The zero-order valence-electron chi connectivity index (χ0n) is 11.1. The first-order valence-electron chi connectivity index (χ1n) is 6.02. The smallest absolute Gasteiger partial charge is 0.299 e. The number of aliphatic hydroxyl groups excluding tert-OH is 2. The third kappa shape index (κ3) is 2.67. The van der Waals surface area contributed by atoms with E-state index in [0.29, 0.717) is 0 Å². The van der Waals surface area contributed by atoms with Crippen molar-refractivity contribution in [1.82, 2.24) is 0 Å². The van der Waals surface area contributed by atoms with Gasteiger partial charge in [-0.05, 0) is 19.1 Å². The summed E-state index contributed by atoms with van der Waals surface area (Å²) in [5, 5.41) is 19.4. The van der Waals surface area contributed by atoms with Crippen LogP contribution in [0.5, 0.6) is 0 Å². The van der Waals surface area contributed by atoms with Crippen LogP contribution in [-0.2, 0) is 14.3 Å². The molecule has 19 heavy (non-hydrogen) atoms. The molecule has 0 bridgehead atoms. The normalized spacial score (nSPS) is 27.0. The first-order chi connectivity index (χ1) is 8.66. The summed E-state index contributed by atoms with van der Waals surface area (Å²) < 4.78 is 28.6. The fourth-order valence-electron chi connectivity index (χ4n) is 2.12. The number of hydrogen-bond donors (Lipinski definition) is 2. The second-order valence-corrected chi connectivity index (χ2v) is 7.12. The maximum absolute atomic E-state index is 11.9. The van der Waals surface area contributed by atoms with Crippen LogP contribution in [0.25, 0.3) is 0 Å². The van der Waals surface area contributed by atoms with Crippen molar-refractivity contribution in [2.75, 3.05) is 0 Å². The van der Waals surface area contributed by atoms with E-state index < -0.39 is 33.8 Å². The molecule has 1 fully saturated rings. The highest BCUT2D eigenvalue weighted by Crippen LogP contribution is 2.54. The van der Waals surface area contributed by atoms with Crippen LogP contribution < -0.4 is 0 Å². The van der Waals surface area contributed by atoms with Crippen molar-refractivity contribution in [2.24, 2.45) is 11.3 Å². The Morgan fingerprint density at radius 2 is 1.74 bits per heavy atom. The average Bonchev–Trinajstić information content (AvgIpc) is 2.78. The SMILES string of the molecule is Cc1ccc(S(=O)(=O)OC(O)C2C(O)C2(C)C)cc1. The molecule has 0 spiro atoms. The number of aryl methyl sites for hydroxylation is 1. The molecule has 6 heteroatoms. The summed E-state index contributed by atoms with van der Waals surface area (Å²) in [4.78, 5) is -0.00917. The molecule has 0 radical (unpaired) electrons. The van der Waals surface area contributed by atoms with Crippen LogP contribution in [-0.4, -0.2) is 31.0 Å². The van der Waals surface area contributed by atoms with E-state index in [0.717, 1.165) is 5.56 Å². The summed E-state index contributed by atoms with van der Waals surface area (Å²) in [5.41, 5.74) is 0.403. The maximum atomic E-state index is 11.9. The number of aliphatic hydroxyl groups is 2. The molecule has 0 aliphatic heterocycles. The van der Waals surface area contributed by atoms with Gasteiger partial charge in [-0.3, -0.25) is 0 Å². The van der Waals surface area contributed by atoms with Gasteiger partial charge in [-0.15, -0.1) is 0 Å². The minimum Gasteiger partial charge on any atom is -0.392 e. The molecule has 1 aliphatic carbocycles. The standard InChI is InChI=1S/C13H18O5S/c1-8-4-6-9(7-5-8)19(16,17)18-12(15)10-11(14)13(10,2)3/h4-7,10-12,14-15H,1-3H3. The van der Waals surface area contributed by atoms with E-state index in [1.807, 2.05) is 6.92 Å². The van der Waals surface area contributed by atoms with E-state index in [4.69, 9.17) is 4.18 Å². The fraction of sp³-hybridized carbons (Fsp3) is 0.538. The molecule has 0 heterocycles. The Balaban J connectivity index is 2.12. The predicted molar refractivity (Wildman–Crippen MR) is 68.7 cm³/mol. The molecule has 2 rings (SSSR count). The van der Waals surface area contributed by atoms with E-state index >= 15 is 0 Å². The van der Waals surface area contributed by atoms with Gasteiger partial charge in [-0.25, -0.2) is 4.18 Å². The summed E-state index contributed by atoms with van der Waals surface area (Å²) >= 11 is 0. The summed E-state index contributed by atoms with van der Waals surface area (Å²) in [6, 6.07) is 6.15. The lowest BCUT2D eigenvalue weighted by molar-refractivity contribution is -0.0435. The molecule has 1 aliphatic rings. The Morgan fingerprint density at radius 1 is 1.26 bits per heavy atom. The topological polar surface area (TPSA) is 83.8 Å². The van der Waals surface area contributed by atoms with E-state index in [9.17, 15) is 18.6 Å². The first kappa shape index (κ1) is 14.5. The third-order valence-corrected chi connectivity index (χ3v) is 4.99. The minimum atomic E-state index is -4.02. The van der Waals surface area contributed by atoms with Crippen LogP contribution in [0.4, 0.5) is 0 Å². The highest BCUT2D eigenvalue weighted by Gasteiger charge is 2.62. The summed E-state index contributed by atoms with van der Waals surface area (Å²) in [6.07, 6.45) is -2.29. The van der Waals surface area contributed by atoms with Gasteiger partial charge in [0, 0.05) is 11.3 Å². The molecule has 5 nitrogen and oxygen atoms in total. The van der Waals surface area contributed by atoms with Crippen molar-refractivity contribution < 1.29 is 22.8 Å². The average molecular weight is 286 g/mol. The lowest BCUT2D eigenvalue weighted by atomic mass is 10.1. The highest BCUT2D eigenvalue weighted by atomic mass is 32.2. The second kappa shape index (κ2) is 4.56. The summed E-state index contributed by atoms with van der Waals surface area (Å²) in [5.74, 6) is -0.590. The van der Waals surface area contributed by atoms with Crippen molar-refractivity contribution in [1.29, 1.82) is 0 Å². The van der Waals surface area contributed by atoms with E-state index in [2.05, 4.69) is 0 Å². The van der Waals surface area contributed by atoms with Gasteiger partial charge in [0.05, 0.1) is 11.0 Å². The van der Waals surface area contributed by atoms with Crippen molar-refractivity contribution in [3.05, 3.63) is 29.8 Å². The molecule has 1 aromatic rings. The number of hydrogen-bond acceptors (Lipinski definition) is 5. The molecule has 0 amide bonds. The largest absolute Gasteiger partial charge is 0.392 e. The molecule has 0 aromatic heterocycles. The van der Waals surface area contributed by atoms with Gasteiger partial charge in [0.2, 0.25) is 0 Å². The molecule has 1 saturated carbocycles. The van der Waals surface area contributed by atoms with Crippen LogP contribution in [0.1, 0.15) is 19.4 Å². The Labute approximate surface area is 113 Å². The summed E-state index contributed by atoms with van der Waals surface area (Å²) in [7, 11) is -4.02. The minimum absolute atomic E-state index is 0.00917. The van der Waals surface area contributed by atoms with E-state index in [-0.39, 0.29) is 4.90 Å². The number of benzene rings is 1. The predicted octanol–water partition coefficient (Wildman–Crippen LogP) is 1.04. The summed E-state index contributed by atoms with van der Waals surface area (Å²) in [6.45, 7) is 5.33. The highest BCUT2D eigenvalue weighted by molar-refractivity contribution is 7.86. The van der Waals surface area contributed by atoms with Gasteiger partial charge < -0.3 is 10.2 Å². The van der Waals surface area contributed by atoms with Crippen LogP contribution in [0, 0.1) is 18.3 Å². The van der Waals surface area contributed by atoms with Gasteiger partial charge in [0.15, 0.2) is 6.29 Å². The molecule has 0 saturated heterocycles. The van der Waals surface area contributed by atoms with Crippen LogP contribution in [0.2, 0.25) is 0 Å². The molecule has 3 atom stereocenters. The van der Waals surface area contributed by atoms with Crippen molar-refractivity contribution >= 4 is 10.1 Å².